The van der Waals surface area contributed by atoms with Crippen LogP contribution in [0.4, 0.5) is 13.2 Å². The highest BCUT2D eigenvalue weighted by Gasteiger charge is 2.31. The summed E-state index contributed by atoms with van der Waals surface area (Å²) in [6.45, 7) is 4.90. The van der Waals surface area contributed by atoms with E-state index in [4.69, 9.17) is 9.26 Å². The molecule has 36 heavy (non-hydrogen) atoms. The molecule has 1 atom stereocenters. The lowest BCUT2D eigenvalue weighted by Gasteiger charge is -2.36. The lowest BCUT2D eigenvalue weighted by molar-refractivity contribution is -0.137. The summed E-state index contributed by atoms with van der Waals surface area (Å²) < 4.78 is 50.0. The molecule has 5 rings (SSSR count). The summed E-state index contributed by atoms with van der Waals surface area (Å²) in [7, 11) is 0. The number of rotatable bonds is 5. The third kappa shape index (κ3) is 5.13. The molecule has 2 aliphatic rings. The fourth-order valence-electron chi connectivity index (χ4n) is 4.43. The molecule has 0 radical (unpaired) electrons. The van der Waals surface area contributed by atoms with E-state index >= 15 is 0 Å². The zero-order valence-electron chi connectivity index (χ0n) is 19.7. The summed E-state index contributed by atoms with van der Waals surface area (Å²) in [5.74, 6) is 1.29. The van der Waals surface area contributed by atoms with Gasteiger partial charge in [0.15, 0.2) is 0 Å². The molecule has 1 unspecified atom stereocenters. The van der Waals surface area contributed by atoms with Gasteiger partial charge in [0.1, 0.15) is 5.75 Å². The second-order valence-corrected chi connectivity index (χ2v) is 8.87. The van der Waals surface area contributed by atoms with E-state index in [2.05, 4.69) is 15.0 Å². The van der Waals surface area contributed by atoms with Crippen LogP contribution < -0.4 is 4.74 Å². The van der Waals surface area contributed by atoms with Crippen LogP contribution in [0.15, 0.2) is 53.1 Å². The van der Waals surface area contributed by atoms with Crippen LogP contribution in [0.25, 0.3) is 17.5 Å². The van der Waals surface area contributed by atoms with E-state index in [9.17, 15) is 18.0 Å². The minimum absolute atomic E-state index is 0.0522. The summed E-state index contributed by atoms with van der Waals surface area (Å²) in [6, 6.07) is 10.5. The first-order valence-corrected chi connectivity index (χ1v) is 11.8. The van der Waals surface area contributed by atoms with Gasteiger partial charge in [0.05, 0.1) is 18.2 Å². The van der Waals surface area contributed by atoms with Gasteiger partial charge >= 0.3 is 6.18 Å². The highest BCUT2D eigenvalue weighted by molar-refractivity contribution is 5.91. The number of nitrogens with zero attached hydrogens (tertiary/aromatic N) is 4. The van der Waals surface area contributed by atoms with E-state index in [0.717, 1.165) is 35.4 Å². The van der Waals surface area contributed by atoms with Crippen LogP contribution >= 0.6 is 0 Å². The number of hydrogen-bond acceptors (Lipinski definition) is 6. The predicted molar refractivity (Wildman–Crippen MR) is 126 cm³/mol. The topological polar surface area (TPSA) is 71.7 Å². The Kier molecular flexibility index (Phi) is 6.53. The third-order valence-electron chi connectivity index (χ3n) is 6.55. The molecule has 3 aromatic rings. The van der Waals surface area contributed by atoms with Gasteiger partial charge in [-0.05, 0) is 48.4 Å². The van der Waals surface area contributed by atoms with Crippen molar-refractivity contribution in [3.8, 4) is 17.1 Å². The van der Waals surface area contributed by atoms with Gasteiger partial charge in [0.25, 0.3) is 0 Å². The second kappa shape index (κ2) is 9.77. The van der Waals surface area contributed by atoms with Crippen molar-refractivity contribution in [2.45, 2.75) is 25.6 Å². The largest absolute Gasteiger partial charge is 0.493 e. The van der Waals surface area contributed by atoms with Crippen molar-refractivity contribution in [1.29, 1.82) is 0 Å². The number of hydrogen-bond donors (Lipinski definition) is 0. The molecule has 188 valence electrons. The van der Waals surface area contributed by atoms with E-state index in [1.807, 2.05) is 31.2 Å². The molecule has 0 N–H and O–H groups in total. The Balaban J connectivity index is 1.17. The quantitative estimate of drug-likeness (QED) is 0.479. The van der Waals surface area contributed by atoms with Crippen molar-refractivity contribution < 1.29 is 27.2 Å². The molecule has 1 amide bonds. The summed E-state index contributed by atoms with van der Waals surface area (Å²) in [6.07, 6.45) is -0.148. The van der Waals surface area contributed by atoms with Gasteiger partial charge in [0.2, 0.25) is 17.6 Å². The number of fused-ring (bicyclic) bond motifs is 1. The average molecular weight is 499 g/mol. The van der Waals surface area contributed by atoms with Crippen LogP contribution in [0.5, 0.6) is 5.75 Å². The van der Waals surface area contributed by atoms with Crippen LogP contribution in [0.3, 0.4) is 0 Å². The molecule has 7 nitrogen and oxygen atoms in total. The van der Waals surface area contributed by atoms with Crippen molar-refractivity contribution in [2.75, 3.05) is 32.8 Å². The molecule has 2 aromatic carbocycles. The summed E-state index contributed by atoms with van der Waals surface area (Å²) in [5.41, 5.74) is 1.60. The van der Waals surface area contributed by atoms with E-state index in [0.29, 0.717) is 38.7 Å². The van der Waals surface area contributed by atoms with Gasteiger partial charge in [-0.15, -0.1) is 0 Å². The van der Waals surface area contributed by atoms with Gasteiger partial charge in [0, 0.05) is 44.2 Å². The van der Waals surface area contributed by atoms with Crippen LogP contribution in [-0.2, 0) is 17.4 Å². The summed E-state index contributed by atoms with van der Waals surface area (Å²) in [5, 5.41) is 3.88. The smallest absolute Gasteiger partial charge is 0.416 e. The minimum atomic E-state index is -4.45. The van der Waals surface area contributed by atoms with E-state index < -0.39 is 11.7 Å². The Labute approximate surface area is 206 Å². The second-order valence-electron chi connectivity index (χ2n) is 8.87. The summed E-state index contributed by atoms with van der Waals surface area (Å²) in [4.78, 5) is 20.9. The highest BCUT2D eigenvalue weighted by Crippen LogP contribution is 2.32. The van der Waals surface area contributed by atoms with Gasteiger partial charge in [-0.2, -0.15) is 18.2 Å². The Morgan fingerprint density at radius 3 is 2.69 bits per heavy atom. The number of carbonyl (C=O) groups excluding carboxylic acids is 1. The van der Waals surface area contributed by atoms with Gasteiger partial charge in [-0.25, -0.2) is 0 Å². The van der Waals surface area contributed by atoms with E-state index in [1.54, 1.807) is 11.0 Å². The number of ether oxygens (including phenoxy) is 1. The van der Waals surface area contributed by atoms with Crippen molar-refractivity contribution in [2.24, 2.45) is 0 Å². The normalized spacial score (nSPS) is 17.3. The van der Waals surface area contributed by atoms with Crippen LogP contribution in [0.1, 0.15) is 35.5 Å². The van der Waals surface area contributed by atoms with Crippen molar-refractivity contribution in [3.05, 3.63) is 71.1 Å². The maximum atomic E-state index is 13.0. The Morgan fingerprint density at radius 2 is 1.92 bits per heavy atom. The third-order valence-corrected chi connectivity index (χ3v) is 6.55. The Morgan fingerprint density at radius 1 is 1.11 bits per heavy atom. The molecule has 3 heterocycles. The van der Waals surface area contributed by atoms with Crippen LogP contribution in [0, 0.1) is 0 Å². The lowest BCUT2D eigenvalue weighted by atomic mass is 10.1. The monoisotopic (exact) mass is 498 g/mol. The first-order chi connectivity index (χ1) is 17.3. The molecule has 0 spiro atoms. The average Bonchev–Trinajstić information content (AvgIpc) is 3.56. The van der Waals surface area contributed by atoms with E-state index in [-0.39, 0.29) is 23.3 Å². The molecule has 1 aromatic heterocycles. The molecule has 10 heteroatoms. The van der Waals surface area contributed by atoms with Gasteiger partial charge in [-0.3, -0.25) is 9.69 Å². The molecule has 0 bridgehead atoms. The first kappa shape index (κ1) is 24.1. The van der Waals surface area contributed by atoms with Crippen molar-refractivity contribution in [1.82, 2.24) is 19.9 Å². The lowest BCUT2D eigenvalue weighted by Crippen LogP contribution is -2.48. The number of alkyl halides is 3. The maximum absolute atomic E-state index is 13.0. The number of carbonyl (C=O) groups is 1. The minimum Gasteiger partial charge on any atom is -0.493 e. The maximum Gasteiger partial charge on any atom is 0.416 e. The van der Waals surface area contributed by atoms with Crippen LogP contribution in [-0.4, -0.2) is 58.6 Å². The molecular weight excluding hydrogens is 473 g/mol. The first-order valence-electron chi connectivity index (χ1n) is 11.8. The SMILES string of the molecule is CC(c1nc(-c2cccc(C(F)(F)F)c2)no1)N1CCN(C(=O)/C=C/c2ccc3c(c2)CCO3)CC1. The molecule has 0 aliphatic carbocycles. The standard InChI is InChI=1S/C26H25F3N4O3/c1-17(25-30-24(31-36-25)20-3-2-4-21(16-20)26(27,28)29)32-10-12-33(13-11-32)23(34)8-6-18-5-7-22-19(15-18)9-14-35-22/h2-8,15-17H,9-14H2,1H3/b8-6+. The molecule has 1 fully saturated rings. The fraction of sp³-hybridized carbons (Fsp3) is 0.346. The Bertz CT molecular complexity index is 1280. The van der Waals surface area contributed by atoms with Gasteiger partial charge < -0.3 is 14.2 Å². The molecular formula is C26H25F3N4O3. The molecule has 1 saturated heterocycles. The fourth-order valence-corrected chi connectivity index (χ4v) is 4.43. The molecule has 0 saturated carbocycles. The zero-order valence-corrected chi connectivity index (χ0v) is 19.7. The summed E-state index contributed by atoms with van der Waals surface area (Å²) >= 11 is 0. The Hall–Kier alpha value is -3.66. The predicted octanol–water partition coefficient (Wildman–Crippen LogP) is 4.61. The van der Waals surface area contributed by atoms with Crippen LogP contribution in [0.2, 0.25) is 0 Å². The number of aromatic nitrogens is 2. The number of amides is 1. The van der Waals surface area contributed by atoms with Crippen molar-refractivity contribution >= 4 is 12.0 Å². The number of halogens is 3. The zero-order chi connectivity index (χ0) is 25.3. The van der Waals surface area contributed by atoms with Gasteiger partial charge in [-0.1, -0.05) is 23.4 Å². The van der Waals surface area contributed by atoms with Crippen molar-refractivity contribution in [3.63, 3.8) is 0 Å². The number of benzene rings is 2. The highest BCUT2D eigenvalue weighted by atomic mass is 19.4. The van der Waals surface area contributed by atoms with E-state index in [1.165, 1.54) is 12.1 Å². The number of piperazine rings is 1. The molecule has 2 aliphatic heterocycles.